The van der Waals surface area contributed by atoms with Crippen LogP contribution in [0.2, 0.25) is 0 Å². The Bertz CT molecular complexity index is 1770. The van der Waals surface area contributed by atoms with Crippen LogP contribution in [0.1, 0.15) is 32.0 Å². The molecule has 1 aliphatic rings. The minimum absolute atomic E-state index is 0.160. The second kappa shape index (κ2) is 11.6. The molecule has 0 aliphatic carbocycles. The van der Waals surface area contributed by atoms with Crippen molar-refractivity contribution in [2.45, 2.75) is 13.0 Å². The summed E-state index contributed by atoms with van der Waals surface area (Å²) in [5.74, 6) is -1.16. The zero-order valence-corrected chi connectivity index (χ0v) is 23.6. The number of nitrogens with zero attached hydrogens (tertiary/aromatic N) is 6. The van der Waals surface area contributed by atoms with Crippen LogP contribution in [-0.4, -0.2) is 69.0 Å². The van der Waals surface area contributed by atoms with Gasteiger partial charge in [-0.25, -0.2) is 9.37 Å². The summed E-state index contributed by atoms with van der Waals surface area (Å²) in [6.45, 7) is 4.17. The first-order chi connectivity index (χ1) is 20.4. The fourth-order valence-electron chi connectivity index (χ4n) is 5.35. The maximum Gasteiger partial charge on any atom is 0.251 e. The number of hydrogen-bond acceptors (Lipinski definition) is 6. The molecule has 1 N–H and O–H groups in total. The number of ketones is 1. The number of anilines is 1. The molecular weight excluding hydrogens is 533 g/mol. The number of fused-ring (bicyclic) bond motifs is 1. The number of imidazole rings is 1. The van der Waals surface area contributed by atoms with Crippen molar-refractivity contribution >= 4 is 23.0 Å². The van der Waals surface area contributed by atoms with Crippen molar-refractivity contribution in [3.63, 3.8) is 0 Å². The molecule has 6 rings (SSSR count). The van der Waals surface area contributed by atoms with E-state index >= 15 is 0 Å². The molecule has 1 aliphatic heterocycles. The smallest absolute Gasteiger partial charge is 0.251 e. The van der Waals surface area contributed by atoms with Gasteiger partial charge in [-0.05, 0) is 60.1 Å². The van der Waals surface area contributed by atoms with E-state index in [0.29, 0.717) is 23.4 Å². The zero-order valence-electron chi connectivity index (χ0n) is 23.6. The quantitative estimate of drug-likeness (QED) is 0.287. The lowest BCUT2D eigenvalue weighted by atomic mass is 10.0. The van der Waals surface area contributed by atoms with Gasteiger partial charge in [-0.1, -0.05) is 18.2 Å². The van der Waals surface area contributed by atoms with Crippen LogP contribution in [0.4, 0.5) is 10.1 Å². The van der Waals surface area contributed by atoms with Gasteiger partial charge in [0.2, 0.25) is 0 Å². The molecule has 5 aromatic rings. The Hall–Kier alpha value is -4.83. The van der Waals surface area contributed by atoms with Crippen molar-refractivity contribution in [2.75, 3.05) is 38.1 Å². The number of nitrogens with one attached hydrogen (secondary N) is 1. The Morgan fingerprint density at radius 2 is 1.74 bits per heavy atom. The summed E-state index contributed by atoms with van der Waals surface area (Å²) in [5, 5.41) is 7.17. The van der Waals surface area contributed by atoms with Crippen LogP contribution < -0.4 is 10.2 Å². The third-order valence-corrected chi connectivity index (χ3v) is 7.77. The largest absolute Gasteiger partial charge is 0.369 e. The molecule has 214 valence electrons. The molecular formula is C32H32FN7O2. The summed E-state index contributed by atoms with van der Waals surface area (Å²) < 4.78 is 18.2. The molecule has 0 spiro atoms. The van der Waals surface area contributed by atoms with Crippen molar-refractivity contribution in [2.24, 2.45) is 7.05 Å². The topological polar surface area (TPSA) is 87.8 Å². The highest BCUT2D eigenvalue weighted by molar-refractivity contribution is 5.98. The van der Waals surface area contributed by atoms with Gasteiger partial charge in [0.05, 0.1) is 12.4 Å². The minimum Gasteiger partial charge on any atom is -0.369 e. The lowest BCUT2D eigenvalue weighted by Gasteiger charge is -2.35. The molecule has 1 amide bonds. The fraction of sp³-hybridized carbons (Fsp3) is 0.250. The van der Waals surface area contributed by atoms with Crippen LogP contribution in [0, 0.1) is 5.82 Å². The summed E-state index contributed by atoms with van der Waals surface area (Å²) in [6.07, 6.45) is 6.74. The lowest BCUT2D eigenvalue weighted by Crippen LogP contribution is -2.45. The highest BCUT2D eigenvalue weighted by atomic mass is 19.1. The number of piperazine rings is 1. The molecule has 9 nitrogen and oxygen atoms in total. The third kappa shape index (κ3) is 5.66. The van der Waals surface area contributed by atoms with Crippen molar-refractivity contribution < 1.29 is 14.0 Å². The number of para-hydroxylation sites is 1. The van der Waals surface area contributed by atoms with Crippen molar-refractivity contribution in [3.8, 4) is 11.1 Å². The molecule has 10 heteroatoms. The van der Waals surface area contributed by atoms with Gasteiger partial charge >= 0.3 is 0 Å². The minimum atomic E-state index is -0.534. The Kier molecular flexibility index (Phi) is 7.54. The van der Waals surface area contributed by atoms with Gasteiger partial charge in [-0.2, -0.15) is 5.10 Å². The van der Waals surface area contributed by atoms with E-state index in [-0.39, 0.29) is 23.7 Å². The van der Waals surface area contributed by atoms with Gasteiger partial charge in [-0.3, -0.25) is 18.7 Å². The molecule has 42 heavy (non-hydrogen) atoms. The second-order valence-electron chi connectivity index (χ2n) is 10.7. The number of pyridine rings is 1. The summed E-state index contributed by atoms with van der Waals surface area (Å²) in [5.41, 5.74) is 5.40. The van der Waals surface area contributed by atoms with E-state index in [0.717, 1.165) is 48.6 Å². The van der Waals surface area contributed by atoms with Crippen LogP contribution >= 0.6 is 0 Å². The zero-order chi connectivity index (χ0) is 29.2. The SMILES string of the molecule is CN1CCN(c2ccccc2CNC(=O)c2ccc(F)c(CC(=O)c3cnc4cc(-c5cnn(C)c5)ccn34)c2)CC1. The maximum absolute atomic E-state index is 14.8. The van der Waals surface area contributed by atoms with Crippen LogP contribution in [0.25, 0.3) is 16.8 Å². The Labute approximate surface area is 243 Å². The van der Waals surface area contributed by atoms with E-state index < -0.39 is 5.82 Å². The molecule has 1 fully saturated rings. The standard InChI is InChI=1S/C32H32FN7O2/c1-37-11-13-39(14-12-37)28-6-4-3-5-24(28)18-35-32(42)23-7-8-27(33)25(15-23)16-30(41)29-20-34-31-17-22(9-10-40(29)31)26-19-36-38(2)21-26/h3-10,15,17,19-21H,11-14,16,18H2,1-2H3,(H,35,42). The van der Waals surface area contributed by atoms with Crippen LogP contribution in [0.3, 0.4) is 0 Å². The molecule has 0 unspecified atom stereocenters. The first-order valence-electron chi connectivity index (χ1n) is 13.9. The van der Waals surface area contributed by atoms with E-state index in [1.807, 2.05) is 43.6 Å². The average molecular weight is 566 g/mol. The van der Waals surface area contributed by atoms with Gasteiger partial charge in [-0.15, -0.1) is 0 Å². The first-order valence-corrected chi connectivity index (χ1v) is 13.9. The van der Waals surface area contributed by atoms with E-state index in [4.69, 9.17) is 0 Å². The van der Waals surface area contributed by atoms with Gasteiger partial charge in [0.25, 0.3) is 5.91 Å². The number of aryl methyl sites for hydroxylation is 1. The number of carbonyl (C=O) groups is 2. The van der Waals surface area contributed by atoms with Gasteiger partial charge in [0.1, 0.15) is 17.2 Å². The van der Waals surface area contributed by atoms with Gasteiger partial charge in [0, 0.05) is 75.4 Å². The normalized spacial score (nSPS) is 13.9. The van der Waals surface area contributed by atoms with Crippen LogP contribution in [-0.2, 0) is 20.0 Å². The van der Waals surface area contributed by atoms with Crippen LogP contribution in [0.15, 0.2) is 79.4 Å². The number of carbonyl (C=O) groups excluding carboxylic acids is 2. The van der Waals surface area contributed by atoms with E-state index in [9.17, 15) is 14.0 Å². The predicted octanol–water partition coefficient (Wildman–Crippen LogP) is 3.98. The molecule has 0 atom stereocenters. The van der Waals surface area contributed by atoms with Crippen molar-refractivity contribution in [1.82, 2.24) is 29.4 Å². The summed E-state index contributed by atoms with van der Waals surface area (Å²) in [4.78, 5) is 35.4. The highest BCUT2D eigenvalue weighted by Crippen LogP contribution is 2.23. The second-order valence-corrected chi connectivity index (χ2v) is 10.7. The number of Topliss-reactive ketones (excluding diaryl/α,β-unsaturated/α-hetero) is 1. The molecule has 0 saturated carbocycles. The number of amides is 1. The first kappa shape index (κ1) is 27.3. The summed E-state index contributed by atoms with van der Waals surface area (Å²) in [7, 11) is 3.96. The van der Waals surface area contributed by atoms with E-state index in [1.165, 1.54) is 24.4 Å². The summed E-state index contributed by atoms with van der Waals surface area (Å²) in [6, 6.07) is 16.0. The Morgan fingerprint density at radius 1 is 0.929 bits per heavy atom. The maximum atomic E-state index is 14.8. The number of rotatable bonds is 8. The summed E-state index contributed by atoms with van der Waals surface area (Å²) >= 11 is 0. The third-order valence-electron chi connectivity index (χ3n) is 7.77. The lowest BCUT2D eigenvalue weighted by molar-refractivity contribution is 0.0947. The van der Waals surface area contributed by atoms with E-state index in [2.05, 4.69) is 38.3 Å². The molecule has 4 heterocycles. The molecule has 0 radical (unpaired) electrons. The highest BCUT2D eigenvalue weighted by Gasteiger charge is 2.19. The van der Waals surface area contributed by atoms with E-state index in [1.54, 1.807) is 21.5 Å². The fourth-order valence-corrected chi connectivity index (χ4v) is 5.35. The van der Waals surface area contributed by atoms with Gasteiger partial charge in [0.15, 0.2) is 5.78 Å². The molecule has 3 aromatic heterocycles. The molecule has 1 saturated heterocycles. The van der Waals surface area contributed by atoms with Crippen molar-refractivity contribution in [1.29, 1.82) is 0 Å². The number of aromatic nitrogens is 4. The Morgan fingerprint density at radius 3 is 2.52 bits per heavy atom. The molecule has 2 aromatic carbocycles. The Balaban J connectivity index is 1.15. The van der Waals surface area contributed by atoms with Gasteiger partial charge < -0.3 is 15.1 Å². The monoisotopic (exact) mass is 565 g/mol. The number of likely N-dealkylation sites (N-methyl/N-ethyl adjacent to an activating group) is 1. The number of hydrogen-bond donors (Lipinski definition) is 1. The predicted molar refractivity (Wildman–Crippen MR) is 159 cm³/mol. The van der Waals surface area contributed by atoms with Crippen LogP contribution in [0.5, 0.6) is 0 Å². The number of benzene rings is 2. The number of halogens is 1. The average Bonchev–Trinajstić information content (AvgIpc) is 3.63. The van der Waals surface area contributed by atoms with Crippen molar-refractivity contribution in [3.05, 3.63) is 108 Å². The molecule has 0 bridgehead atoms.